The number of nitrogens with zero attached hydrogens (tertiary/aromatic N) is 3. The lowest BCUT2D eigenvalue weighted by Crippen LogP contribution is -2.44. The lowest BCUT2D eigenvalue weighted by atomic mass is 9.99. The molecule has 1 aliphatic heterocycles. The third-order valence-corrected chi connectivity index (χ3v) is 5.31. The summed E-state index contributed by atoms with van der Waals surface area (Å²) in [5, 5.41) is 21.5. The highest BCUT2D eigenvalue weighted by molar-refractivity contribution is 6.30. The van der Waals surface area contributed by atoms with Crippen LogP contribution in [-0.2, 0) is 5.72 Å². The standard InChI is InChI=1S/C23H18ClN3O2/c1-16-5-9-20(10-6-16)26-15-23(29,18-4-2-3-17(13-18)14-25)27(22(26)28)21-11-7-19(24)8-12-21/h2-13,29H,15H2,1H3. The molecule has 144 valence electrons. The van der Waals surface area contributed by atoms with Gasteiger partial charge < -0.3 is 5.11 Å². The Hall–Kier alpha value is -3.33. The fourth-order valence-corrected chi connectivity index (χ4v) is 3.66. The van der Waals surface area contributed by atoms with E-state index < -0.39 is 5.72 Å². The van der Waals surface area contributed by atoms with Crippen molar-refractivity contribution in [3.8, 4) is 6.07 Å². The molecule has 3 aromatic rings. The second-order valence-electron chi connectivity index (χ2n) is 7.03. The summed E-state index contributed by atoms with van der Waals surface area (Å²) >= 11 is 6.01. The van der Waals surface area contributed by atoms with Crippen LogP contribution in [0.4, 0.5) is 16.2 Å². The van der Waals surface area contributed by atoms with Gasteiger partial charge in [0.25, 0.3) is 0 Å². The number of β-amino-alcohol motifs (C(OH)–C–C–N with tert-alkyl or cyclic N) is 1. The van der Waals surface area contributed by atoms with Gasteiger partial charge in [-0.1, -0.05) is 41.4 Å². The maximum absolute atomic E-state index is 13.4. The van der Waals surface area contributed by atoms with Crippen LogP contribution in [-0.4, -0.2) is 17.7 Å². The van der Waals surface area contributed by atoms with Crippen molar-refractivity contribution in [2.24, 2.45) is 0 Å². The quantitative estimate of drug-likeness (QED) is 0.682. The van der Waals surface area contributed by atoms with Crippen molar-refractivity contribution in [2.75, 3.05) is 16.3 Å². The molecule has 2 amide bonds. The molecule has 0 saturated carbocycles. The summed E-state index contributed by atoms with van der Waals surface area (Å²) in [5.74, 6) is 0. The van der Waals surface area contributed by atoms with Crippen LogP contribution in [0.15, 0.2) is 72.8 Å². The molecule has 1 atom stereocenters. The molecule has 3 aromatic carbocycles. The summed E-state index contributed by atoms with van der Waals surface area (Å²) < 4.78 is 0. The minimum absolute atomic E-state index is 0.0202. The van der Waals surface area contributed by atoms with Crippen molar-refractivity contribution in [3.63, 3.8) is 0 Å². The first-order valence-electron chi connectivity index (χ1n) is 9.09. The first kappa shape index (κ1) is 19.0. The Morgan fingerprint density at radius 3 is 2.34 bits per heavy atom. The largest absolute Gasteiger partial charge is 0.365 e. The fourth-order valence-electron chi connectivity index (χ4n) is 3.54. The van der Waals surface area contributed by atoms with Crippen molar-refractivity contribution < 1.29 is 9.90 Å². The van der Waals surface area contributed by atoms with Gasteiger partial charge in [-0.15, -0.1) is 0 Å². The van der Waals surface area contributed by atoms with E-state index >= 15 is 0 Å². The second kappa shape index (κ2) is 7.25. The Kier molecular flexibility index (Phi) is 4.75. The summed E-state index contributed by atoms with van der Waals surface area (Å²) in [6.45, 7) is 1.99. The summed E-state index contributed by atoms with van der Waals surface area (Å²) in [6, 6.07) is 22.7. The molecule has 1 heterocycles. The summed E-state index contributed by atoms with van der Waals surface area (Å²) in [5.41, 5.74) is 1.50. The Labute approximate surface area is 174 Å². The predicted molar refractivity (Wildman–Crippen MR) is 113 cm³/mol. The number of carbonyl (C=O) groups is 1. The van der Waals surface area contributed by atoms with E-state index in [1.54, 1.807) is 48.5 Å². The number of carbonyl (C=O) groups excluding carboxylic acids is 1. The molecule has 0 spiro atoms. The molecule has 29 heavy (non-hydrogen) atoms. The third-order valence-electron chi connectivity index (χ3n) is 5.06. The molecule has 0 radical (unpaired) electrons. The van der Waals surface area contributed by atoms with Crippen molar-refractivity contribution >= 4 is 29.0 Å². The summed E-state index contributed by atoms with van der Waals surface area (Å²) in [4.78, 5) is 16.3. The van der Waals surface area contributed by atoms with Gasteiger partial charge in [-0.25, -0.2) is 4.79 Å². The predicted octanol–water partition coefficient (Wildman–Crippen LogP) is 4.81. The number of nitriles is 1. The van der Waals surface area contributed by atoms with Gasteiger partial charge in [0.1, 0.15) is 0 Å². The van der Waals surface area contributed by atoms with Gasteiger partial charge in [-0.05, 0) is 55.5 Å². The number of benzene rings is 3. The molecule has 5 nitrogen and oxygen atoms in total. The zero-order valence-electron chi connectivity index (χ0n) is 15.7. The van der Waals surface area contributed by atoms with Gasteiger partial charge in [0.15, 0.2) is 5.72 Å². The maximum Gasteiger partial charge on any atom is 0.331 e. The SMILES string of the molecule is Cc1ccc(N2CC(O)(c3cccc(C#N)c3)N(c3ccc(Cl)cc3)C2=O)cc1. The van der Waals surface area contributed by atoms with Crippen LogP contribution in [0.1, 0.15) is 16.7 Å². The Balaban J connectivity index is 1.85. The fraction of sp³-hybridized carbons (Fsp3) is 0.130. The second-order valence-corrected chi connectivity index (χ2v) is 7.46. The molecule has 6 heteroatoms. The van der Waals surface area contributed by atoms with E-state index in [-0.39, 0.29) is 12.6 Å². The van der Waals surface area contributed by atoms with Crippen LogP contribution in [0.3, 0.4) is 0 Å². The van der Waals surface area contributed by atoms with Gasteiger partial charge >= 0.3 is 6.03 Å². The number of hydrogen-bond donors (Lipinski definition) is 1. The number of hydrogen-bond acceptors (Lipinski definition) is 3. The van der Waals surface area contributed by atoms with Crippen LogP contribution in [0.5, 0.6) is 0 Å². The number of urea groups is 1. The van der Waals surface area contributed by atoms with E-state index in [1.807, 2.05) is 31.2 Å². The van der Waals surface area contributed by atoms with Crippen LogP contribution in [0, 0.1) is 18.3 Å². The highest BCUT2D eigenvalue weighted by atomic mass is 35.5. The van der Waals surface area contributed by atoms with Gasteiger partial charge in [-0.2, -0.15) is 5.26 Å². The normalized spacial score (nSPS) is 18.8. The molecule has 1 aliphatic rings. The summed E-state index contributed by atoms with van der Waals surface area (Å²) in [6.07, 6.45) is 0. The Morgan fingerprint density at radius 1 is 1.03 bits per heavy atom. The third kappa shape index (κ3) is 3.33. The number of rotatable bonds is 3. The van der Waals surface area contributed by atoms with E-state index in [2.05, 4.69) is 6.07 Å². The smallest absolute Gasteiger partial charge is 0.331 e. The molecule has 1 saturated heterocycles. The Morgan fingerprint density at radius 2 is 1.69 bits per heavy atom. The van der Waals surface area contributed by atoms with E-state index in [1.165, 1.54) is 9.80 Å². The van der Waals surface area contributed by atoms with Crippen LogP contribution >= 0.6 is 11.6 Å². The number of aliphatic hydroxyl groups is 1. The van der Waals surface area contributed by atoms with E-state index in [0.29, 0.717) is 27.5 Å². The number of aryl methyl sites for hydroxylation is 1. The van der Waals surface area contributed by atoms with Crippen molar-refractivity contribution in [1.82, 2.24) is 0 Å². The molecule has 4 rings (SSSR count). The molecule has 1 fully saturated rings. The first-order chi connectivity index (χ1) is 13.9. The number of amides is 2. The zero-order chi connectivity index (χ0) is 20.6. The lowest BCUT2D eigenvalue weighted by Gasteiger charge is -2.32. The molecule has 1 N–H and O–H groups in total. The minimum atomic E-state index is -1.65. The zero-order valence-corrected chi connectivity index (χ0v) is 16.5. The number of halogens is 1. The molecular weight excluding hydrogens is 386 g/mol. The van der Waals surface area contributed by atoms with Crippen LogP contribution < -0.4 is 9.80 Å². The van der Waals surface area contributed by atoms with Gasteiger partial charge in [-0.3, -0.25) is 9.80 Å². The average Bonchev–Trinajstić information content (AvgIpc) is 3.01. The van der Waals surface area contributed by atoms with Crippen LogP contribution in [0.25, 0.3) is 0 Å². The number of anilines is 2. The van der Waals surface area contributed by atoms with Gasteiger partial charge in [0.05, 0.1) is 18.2 Å². The highest BCUT2D eigenvalue weighted by Gasteiger charge is 2.51. The first-order valence-corrected chi connectivity index (χ1v) is 9.47. The molecular formula is C23H18ClN3O2. The van der Waals surface area contributed by atoms with E-state index in [9.17, 15) is 15.2 Å². The van der Waals surface area contributed by atoms with E-state index in [4.69, 9.17) is 11.6 Å². The average molecular weight is 404 g/mol. The monoisotopic (exact) mass is 403 g/mol. The molecule has 1 unspecified atom stereocenters. The van der Waals surface area contributed by atoms with Crippen molar-refractivity contribution in [1.29, 1.82) is 5.26 Å². The topological polar surface area (TPSA) is 67.6 Å². The molecule has 0 bridgehead atoms. The van der Waals surface area contributed by atoms with Gasteiger partial charge in [0.2, 0.25) is 0 Å². The van der Waals surface area contributed by atoms with Crippen molar-refractivity contribution in [3.05, 3.63) is 94.5 Å². The lowest BCUT2D eigenvalue weighted by molar-refractivity contribution is 0.0655. The minimum Gasteiger partial charge on any atom is -0.365 e. The highest BCUT2D eigenvalue weighted by Crippen LogP contribution is 2.40. The molecule has 0 aromatic heterocycles. The summed E-state index contributed by atoms with van der Waals surface area (Å²) in [7, 11) is 0. The maximum atomic E-state index is 13.4. The Bertz CT molecular complexity index is 1110. The van der Waals surface area contributed by atoms with Crippen LogP contribution in [0.2, 0.25) is 5.02 Å². The molecule has 0 aliphatic carbocycles. The van der Waals surface area contributed by atoms with E-state index in [0.717, 1.165) is 5.56 Å². The van der Waals surface area contributed by atoms with Gasteiger partial charge in [0, 0.05) is 22.0 Å². The van der Waals surface area contributed by atoms with Crippen molar-refractivity contribution in [2.45, 2.75) is 12.6 Å².